The van der Waals surface area contributed by atoms with Crippen LogP contribution in [0.4, 0.5) is 0 Å². The molecule has 1 amide bonds. The van der Waals surface area contributed by atoms with E-state index in [1.165, 1.54) is 12.5 Å². The van der Waals surface area contributed by atoms with Gasteiger partial charge in [0.05, 0.1) is 6.54 Å². The van der Waals surface area contributed by atoms with Crippen molar-refractivity contribution in [3.05, 3.63) is 42.0 Å². The van der Waals surface area contributed by atoms with Crippen LogP contribution in [0.15, 0.2) is 30.8 Å². The van der Waals surface area contributed by atoms with Crippen molar-refractivity contribution in [3.8, 4) is 0 Å². The zero-order valence-electron chi connectivity index (χ0n) is 11.9. The Morgan fingerprint density at radius 2 is 2.14 bits per heavy atom. The largest absolute Gasteiger partial charge is 0.479 e. The number of thioether (sulfide) groups is 1. The molecule has 0 saturated heterocycles. The monoisotopic (exact) mass is 309 g/mol. The van der Waals surface area contributed by atoms with Crippen LogP contribution in [-0.2, 0) is 20.2 Å². The van der Waals surface area contributed by atoms with E-state index in [4.69, 9.17) is 9.94 Å². The molecule has 0 aliphatic carbocycles. The first kappa shape index (κ1) is 17.3. The predicted molar refractivity (Wildman–Crippen MR) is 83.7 cm³/mol. The van der Waals surface area contributed by atoms with Crippen molar-refractivity contribution in [2.45, 2.75) is 12.7 Å². The number of nitrogens with zero attached hydrogens (tertiary/aromatic N) is 1. The summed E-state index contributed by atoms with van der Waals surface area (Å²) in [5, 5.41) is 9.63. The highest BCUT2D eigenvalue weighted by Gasteiger charge is 2.11. The van der Waals surface area contributed by atoms with Crippen molar-refractivity contribution in [2.24, 2.45) is 0 Å². The number of hydrogen-bond donors (Lipinski definition) is 1. The summed E-state index contributed by atoms with van der Waals surface area (Å²) in [6.07, 6.45) is 1.81. The molecule has 0 atom stereocenters. The maximum absolute atomic E-state index is 11.3. The van der Waals surface area contributed by atoms with Gasteiger partial charge in [-0.25, -0.2) is 9.86 Å². The molecule has 0 aliphatic rings. The number of rotatable bonds is 9. The van der Waals surface area contributed by atoms with Gasteiger partial charge in [-0.2, -0.15) is 11.8 Å². The molecule has 114 valence electrons. The van der Waals surface area contributed by atoms with E-state index < -0.39 is 12.6 Å². The summed E-state index contributed by atoms with van der Waals surface area (Å²) in [6, 6.07) is 7.97. The lowest BCUT2D eigenvalue weighted by Gasteiger charge is -2.19. The summed E-state index contributed by atoms with van der Waals surface area (Å²) >= 11 is 1.65. The second kappa shape index (κ2) is 9.20. The number of carbonyl (C=O) groups is 2. The van der Waals surface area contributed by atoms with Crippen molar-refractivity contribution in [3.63, 3.8) is 0 Å². The van der Waals surface area contributed by atoms with Crippen LogP contribution in [0.1, 0.15) is 18.1 Å². The summed E-state index contributed by atoms with van der Waals surface area (Å²) in [6.45, 7) is 4.96. The first-order valence-corrected chi connectivity index (χ1v) is 7.61. The third kappa shape index (κ3) is 6.46. The Labute approximate surface area is 128 Å². The Balaban J connectivity index is 2.38. The first-order chi connectivity index (χ1) is 10.0. The van der Waals surface area contributed by atoms with E-state index in [0.29, 0.717) is 12.3 Å². The van der Waals surface area contributed by atoms with Crippen molar-refractivity contribution in [2.75, 3.05) is 18.9 Å². The molecule has 0 bridgehead atoms. The van der Waals surface area contributed by atoms with Crippen LogP contribution >= 0.6 is 11.8 Å². The molecule has 0 aliphatic heterocycles. The molecule has 0 aromatic heterocycles. The number of hydrogen-bond acceptors (Lipinski definition) is 4. The molecule has 1 N–H and O–H groups in total. The van der Waals surface area contributed by atoms with E-state index in [2.05, 4.69) is 6.58 Å². The lowest BCUT2D eigenvalue weighted by molar-refractivity contribution is -0.189. The highest BCUT2D eigenvalue weighted by Crippen LogP contribution is 2.17. The molecule has 5 nitrogen and oxygen atoms in total. The van der Waals surface area contributed by atoms with Gasteiger partial charge in [0.15, 0.2) is 6.61 Å². The van der Waals surface area contributed by atoms with Gasteiger partial charge in [0.25, 0.3) is 0 Å². The minimum Gasteiger partial charge on any atom is -0.479 e. The second-order valence-electron chi connectivity index (χ2n) is 4.24. The third-order valence-corrected chi connectivity index (χ3v) is 3.65. The molecule has 0 unspecified atom stereocenters. The topological polar surface area (TPSA) is 66.8 Å². The zero-order chi connectivity index (χ0) is 15.7. The van der Waals surface area contributed by atoms with Crippen molar-refractivity contribution in [1.82, 2.24) is 5.06 Å². The third-order valence-electron chi connectivity index (χ3n) is 2.67. The summed E-state index contributed by atoms with van der Waals surface area (Å²) in [7, 11) is 0. The normalized spacial score (nSPS) is 10.1. The quantitative estimate of drug-likeness (QED) is 0.560. The minimum absolute atomic E-state index is 0.302. The van der Waals surface area contributed by atoms with Gasteiger partial charge in [-0.05, 0) is 11.1 Å². The number of amides is 1. The molecule has 0 spiro atoms. The van der Waals surface area contributed by atoms with Crippen molar-refractivity contribution in [1.29, 1.82) is 0 Å². The maximum Gasteiger partial charge on any atom is 0.332 e. The first-order valence-electron chi connectivity index (χ1n) is 6.45. The second-order valence-corrected chi connectivity index (χ2v) is 5.35. The van der Waals surface area contributed by atoms with Gasteiger partial charge in [0.2, 0.25) is 5.91 Å². The molecule has 0 heterocycles. The van der Waals surface area contributed by atoms with Gasteiger partial charge in [0, 0.05) is 18.4 Å². The highest BCUT2D eigenvalue weighted by molar-refractivity contribution is 7.98. The van der Waals surface area contributed by atoms with E-state index in [-0.39, 0.29) is 5.91 Å². The van der Waals surface area contributed by atoms with Crippen molar-refractivity contribution < 1.29 is 19.5 Å². The number of carboxylic acids is 1. The number of hydroxylamine groups is 2. The molecule has 1 aromatic carbocycles. The molecular weight excluding hydrogens is 290 g/mol. The lowest BCUT2D eigenvalue weighted by Crippen LogP contribution is -2.33. The SMILES string of the molecule is C=Cc1ccccc1CSCCN(OCC(=O)O)C(C)=O. The van der Waals surface area contributed by atoms with Gasteiger partial charge < -0.3 is 5.11 Å². The standard InChI is InChI=1S/C15H19NO4S/c1-3-13-6-4-5-7-14(13)11-21-9-8-16(12(2)17)20-10-15(18)19/h3-7H,1,8-11H2,2H3,(H,18,19). The average molecular weight is 309 g/mol. The molecule has 0 saturated carbocycles. The molecule has 1 rings (SSSR count). The van der Waals surface area contributed by atoms with Gasteiger partial charge in [-0.1, -0.05) is 36.9 Å². The van der Waals surface area contributed by atoms with Crippen LogP contribution in [0, 0.1) is 0 Å². The molecule has 0 radical (unpaired) electrons. The van der Waals surface area contributed by atoms with E-state index >= 15 is 0 Å². The Morgan fingerprint density at radius 3 is 2.76 bits per heavy atom. The van der Waals surface area contributed by atoms with Crippen LogP contribution < -0.4 is 0 Å². The lowest BCUT2D eigenvalue weighted by atomic mass is 10.1. The van der Waals surface area contributed by atoms with E-state index in [1.54, 1.807) is 11.8 Å². The van der Waals surface area contributed by atoms with E-state index in [1.807, 2.05) is 30.3 Å². The number of benzene rings is 1. The summed E-state index contributed by atoms with van der Waals surface area (Å²) in [5.41, 5.74) is 2.27. The fourth-order valence-corrected chi connectivity index (χ4v) is 2.56. The fourth-order valence-electron chi connectivity index (χ4n) is 1.64. The fraction of sp³-hybridized carbons (Fsp3) is 0.333. The van der Waals surface area contributed by atoms with E-state index in [9.17, 15) is 9.59 Å². The highest BCUT2D eigenvalue weighted by atomic mass is 32.2. The number of carbonyl (C=O) groups excluding carboxylic acids is 1. The predicted octanol–water partition coefficient (Wildman–Crippen LogP) is 2.43. The molecular formula is C15H19NO4S. The minimum atomic E-state index is -1.10. The van der Waals surface area contributed by atoms with Gasteiger partial charge >= 0.3 is 5.97 Å². The van der Waals surface area contributed by atoms with Crippen LogP contribution in [-0.4, -0.2) is 41.0 Å². The Morgan fingerprint density at radius 1 is 1.43 bits per heavy atom. The molecule has 6 heteroatoms. The molecule has 0 fully saturated rings. The smallest absolute Gasteiger partial charge is 0.332 e. The maximum atomic E-state index is 11.3. The molecule has 1 aromatic rings. The van der Waals surface area contributed by atoms with Crippen LogP contribution in [0.25, 0.3) is 6.08 Å². The van der Waals surface area contributed by atoms with Gasteiger partial charge in [-0.3, -0.25) is 9.63 Å². The van der Waals surface area contributed by atoms with Crippen LogP contribution in [0.5, 0.6) is 0 Å². The van der Waals surface area contributed by atoms with E-state index in [0.717, 1.165) is 16.4 Å². The Bertz CT molecular complexity index is 504. The summed E-state index contributed by atoms with van der Waals surface area (Å²) in [4.78, 5) is 26.7. The Hall–Kier alpha value is -1.79. The number of carboxylic acid groups (broad SMARTS) is 1. The van der Waals surface area contributed by atoms with Crippen molar-refractivity contribution >= 4 is 29.7 Å². The Kier molecular flexibility index (Phi) is 7.56. The summed E-state index contributed by atoms with van der Waals surface area (Å²) < 4.78 is 0. The summed E-state index contributed by atoms with van der Waals surface area (Å²) in [5.74, 6) is 0.0505. The van der Waals surface area contributed by atoms with Crippen LogP contribution in [0.3, 0.4) is 0 Å². The molecule has 21 heavy (non-hydrogen) atoms. The van der Waals surface area contributed by atoms with Crippen LogP contribution in [0.2, 0.25) is 0 Å². The zero-order valence-corrected chi connectivity index (χ0v) is 12.8. The van der Waals surface area contributed by atoms with Gasteiger partial charge in [-0.15, -0.1) is 0 Å². The average Bonchev–Trinajstić information content (AvgIpc) is 2.46. The number of aliphatic carboxylic acids is 1. The van der Waals surface area contributed by atoms with Gasteiger partial charge in [0.1, 0.15) is 0 Å².